The van der Waals surface area contributed by atoms with Crippen LogP contribution in [-0.2, 0) is 6.61 Å². The number of Topliss-reactive ketones (excluding diaryl/α,β-unsaturated/α-hetero) is 1. The molecule has 1 atom stereocenters. The molecule has 1 heterocycles. The zero-order valence-corrected chi connectivity index (χ0v) is 12.9. The van der Waals surface area contributed by atoms with Gasteiger partial charge in [-0.3, -0.25) is 9.48 Å². The molecule has 1 aromatic carbocycles. The van der Waals surface area contributed by atoms with E-state index in [0.29, 0.717) is 19.1 Å². The van der Waals surface area contributed by atoms with Crippen molar-refractivity contribution in [2.75, 3.05) is 0 Å². The minimum Gasteiger partial charge on any atom is -0.487 e. The highest BCUT2D eigenvalue weighted by molar-refractivity contribution is 5.95. The summed E-state index contributed by atoms with van der Waals surface area (Å²) in [4.78, 5) is 11.5. The molecule has 2 rings (SSSR count). The third kappa shape index (κ3) is 3.94. The van der Waals surface area contributed by atoms with Crippen LogP contribution in [-0.4, -0.2) is 15.6 Å². The lowest BCUT2D eigenvalue weighted by Gasteiger charge is -2.08. The summed E-state index contributed by atoms with van der Waals surface area (Å²) in [5.74, 6) is 0.898. The molecule has 0 aliphatic heterocycles. The smallest absolute Gasteiger partial charge is 0.162 e. The van der Waals surface area contributed by atoms with Crippen molar-refractivity contribution in [3.05, 3.63) is 47.8 Å². The van der Waals surface area contributed by atoms with Crippen LogP contribution in [0, 0.1) is 0 Å². The molecule has 0 amide bonds. The molecule has 0 aliphatic carbocycles. The van der Waals surface area contributed by atoms with E-state index < -0.39 is 0 Å². The highest BCUT2D eigenvalue weighted by Crippen LogP contribution is 2.15. The summed E-state index contributed by atoms with van der Waals surface area (Å²) in [6.07, 6.45) is 3.55. The van der Waals surface area contributed by atoms with Gasteiger partial charge in [-0.05, 0) is 43.7 Å². The van der Waals surface area contributed by atoms with Crippen LogP contribution in [0.1, 0.15) is 55.7 Å². The van der Waals surface area contributed by atoms with E-state index in [2.05, 4.69) is 18.9 Å². The number of ketones is 1. The second-order valence-corrected chi connectivity index (χ2v) is 5.13. The minimum atomic E-state index is 0.147. The minimum absolute atomic E-state index is 0.147. The monoisotopic (exact) mass is 286 g/mol. The molecule has 0 saturated carbocycles. The first-order valence-corrected chi connectivity index (χ1v) is 7.44. The van der Waals surface area contributed by atoms with Crippen LogP contribution in [0.15, 0.2) is 36.5 Å². The van der Waals surface area contributed by atoms with Crippen molar-refractivity contribution in [2.24, 2.45) is 0 Å². The average molecular weight is 286 g/mol. The van der Waals surface area contributed by atoms with Crippen molar-refractivity contribution in [1.82, 2.24) is 9.78 Å². The predicted octanol–water partition coefficient (Wildman–Crippen LogP) is 4.03. The number of benzene rings is 1. The molecule has 0 saturated heterocycles. The number of aromatic nitrogens is 2. The van der Waals surface area contributed by atoms with Gasteiger partial charge in [-0.15, -0.1) is 0 Å². The summed E-state index contributed by atoms with van der Waals surface area (Å²) < 4.78 is 7.66. The summed E-state index contributed by atoms with van der Waals surface area (Å²) in [5.41, 5.74) is 1.63. The summed E-state index contributed by atoms with van der Waals surface area (Å²) in [6.45, 7) is 6.58. The van der Waals surface area contributed by atoms with Crippen LogP contribution >= 0.6 is 0 Å². The van der Waals surface area contributed by atoms with Gasteiger partial charge in [0.2, 0.25) is 0 Å². The molecular weight excluding hydrogens is 264 g/mol. The van der Waals surface area contributed by atoms with Gasteiger partial charge < -0.3 is 4.74 Å². The first-order chi connectivity index (χ1) is 10.1. The van der Waals surface area contributed by atoms with Gasteiger partial charge in [0, 0.05) is 24.2 Å². The molecule has 0 bridgehead atoms. The van der Waals surface area contributed by atoms with E-state index in [1.807, 2.05) is 36.0 Å². The standard InChI is InChI=1S/C17H22N2O2/c1-4-13(3)19-11-10-15(18-19)12-21-16-8-6-14(7-9-16)17(20)5-2/h6-11,13H,4-5,12H2,1-3H3. The van der Waals surface area contributed by atoms with Gasteiger partial charge in [0.1, 0.15) is 12.4 Å². The molecule has 21 heavy (non-hydrogen) atoms. The van der Waals surface area contributed by atoms with Gasteiger partial charge in [0.05, 0.1) is 5.69 Å². The second-order valence-electron chi connectivity index (χ2n) is 5.13. The number of rotatable bonds is 7. The lowest BCUT2D eigenvalue weighted by Crippen LogP contribution is -2.05. The van der Waals surface area contributed by atoms with Crippen molar-refractivity contribution in [1.29, 1.82) is 0 Å². The Balaban J connectivity index is 1.93. The first-order valence-electron chi connectivity index (χ1n) is 7.44. The van der Waals surface area contributed by atoms with E-state index in [0.717, 1.165) is 23.4 Å². The maximum atomic E-state index is 11.5. The number of hydrogen-bond acceptors (Lipinski definition) is 3. The number of hydrogen-bond donors (Lipinski definition) is 0. The van der Waals surface area contributed by atoms with Crippen LogP contribution in [0.2, 0.25) is 0 Å². The van der Waals surface area contributed by atoms with Crippen LogP contribution in [0.3, 0.4) is 0 Å². The summed E-state index contributed by atoms with van der Waals surface area (Å²) in [5, 5.41) is 4.49. The normalized spacial score (nSPS) is 12.1. The van der Waals surface area contributed by atoms with Gasteiger partial charge in [-0.1, -0.05) is 13.8 Å². The Kier molecular flexibility index (Phi) is 5.14. The number of nitrogens with zero attached hydrogens (tertiary/aromatic N) is 2. The molecule has 0 aliphatic rings. The summed E-state index contributed by atoms with van der Waals surface area (Å²) >= 11 is 0. The SMILES string of the molecule is CCC(=O)c1ccc(OCc2ccn(C(C)CC)n2)cc1. The van der Waals surface area contributed by atoms with E-state index in [-0.39, 0.29) is 5.78 Å². The highest BCUT2D eigenvalue weighted by atomic mass is 16.5. The van der Waals surface area contributed by atoms with Crippen LogP contribution in [0.25, 0.3) is 0 Å². The van der Waals surface area contributed by atoms with Crippen molar-refractivity contribution < 1.29 is 9.53 Å². The highest BCUT2D eigenvalue weighted by Gasteiger charge is 2.06. The third-order valence-corrected chi connectivity index (χ3v) is 3.59. The molecule has 1 aromatic heterocycles. The fourth-order valence-electron chi connectivity index (χ4n) is 1.99. The fourth-order valence-corrected chi connectivity index (χ4v) is 1.99. The molecule has 2 aromatic rings. The Bertz CT molecular complexity index is 587. The number of carbonyl (C=O) groups excluding carboxylic acids is 1. The molecule has 112 valence electrons. The topological polar surface area (TPSA) is 44.1 Å². The molecule has 4 heteroatoms. The Hall–Kier alpha value is -2.10. The van der Waals surface area contributed by atoms with E-state index in [1.54, 1.807) is 12.1 Å². The summed E-state index contributed by atoms with van der Waals surface area (Å²) in [7, 11) is 0. The Morgan fingerprint density at radius 3 is 2.57 bits per heavy atom. The van der Waals surface area contributed by atoms with Gasteiger partial charge in [-0.25, -0.2) is 0 Å². The van der Waals surface area contributed by atoms with Crippen molar-refractivity contribution in [3.8, 4) is 5.75 Å². The Morgan fingerprint density at radius 1 is 1.24 bits per heavy atom. The molecule has 0 N–H and O–H groups in total. The van der Waals surface area contributed by atoms with Gasteiger partial charge in [0.15, 0.2) is 5.78 Å². The molecule has 0 spiro atoms. The zero-order chi connectivity index (χ0) is 15.2. The number of carbonyl (C=O) groups is 1. The molecule has 4 nitrogen and oxygen atoms in total. The van der Waals surface area contributed by atoms with E-state index in [4.69, 9.17) is 4.74 Å². The van der Waals surface area contributed by atoms with Crippen LogP contribution < -0.4 is 4.74 Å². The van der Waals surface area contributed by atoms with Gasteiger partial charge in [-0.2, -0.15) is 5.10 Å². The van der Waals surface area contributed by atoms with E-state index >= 15 is 0 Å². The van der Waals surface area contributed by atoms with E-state index in [1.165, 1.54) is 0 Å². The number of ether oxygens (including phenoxy) is 1. The van der Waals surface area contributed by atoms with Gasteiger partial charge >= 0.3 is 0 Å². The summed E-state index contributed by atoms with van der Waals surface area (Å²) in [6, 6.07) is 9.64. The Morgan fingerprint density at radius 2 is 1.95 bits per heavy atom. The van der Waals surface area contributed by atoms with Crippen molar-refractivity contribution in [2.45, 2.75) is 46.3 Å². The Labute approximate surface area is 125 Å². The third-order valence-electron chi connectivity index (χ3n) is 3.59. The largest absolute Gasteiger partial charge is 0.487 e. The predicted molar refractivity (Wildman–Crippen MR) is 82.6 cm³/mol. The second kappa shape index (κ2) is 7.07. The average Bonchev–Trinajstić information content (AvgIpc) is 3.01. The molecular formula is C17H22N2O2. The van der Waals surface area contributed by atoms with Gasteiger partial charge in [0.25, 0.3) is 0 Å². The van der Waals surface area contributed by atoms with E-state index in [9.17, 15) is 4.79 Å². The lowest BCUT2D eigenvalue weighted by molar-refractivity contribution is 0.0988. The molecule has 1 unspecified atom stereocenters. The lowest BCUT2D eigenvalue weighted by atomic mass is 10.1. The molecule has 0 radical (unpaired) electrons. The maximum absolute atomic E-state index is 11.5. The van der Waals surface area contributed by atoms with Crippen molar-refractivity contribution >= 4 is 5.78 Å². The zero-order valence-electron chi connectivity index (χ0n) is 12.9. The van der Waals surface area contributed by atoms with Crippen LogP contribution in [0.4, 0.5) is 0 Å². The quantitative estimate of drug-likeness (QED) is 0.722. The fraction of sp³-hybridized carbons (Fsp3) is 0.412. The maximum Gasteiger partial charge on any atom is 0.162 e. The van der Waals surface area contributed by atoms with Crippen LogP contribution in [0.5, 0.6) is 5.75 Å². The molecule has 0 fully saturated rings. The van der Waals surface area contributed by atoms with Crippen molar-refractivity contribution in [3.63, 3.8) is 0 Å². The first kappa shape index (κ1) is 15.3.